The van der Waals surface area contributed by atoms with Crippen molar-refractivity contribution in [3.63, 3.8) is 0 Å². The number of rotatable bonds is 25. The van der Waals surface area contributed by atoms with E-state index in [4.69, 9.17) is 10.2 Å². The molecule has 10 heteroatoms. The molecule has 0 aliphatic rings. The van der Waals surface area contributed by atoms with Gasteiger partial charge in [-0.3, -0.25) is 29.0 Å². The van der Waals surface area contributed by atoms with Crippen LogP contribution in [0.1, 0.15) is 104 Å². The minimum Gasteiger partial charge on any atom is -0.480 e. The molecule has 10 nitrogen and oxygen atoms in total. The smallest absolute Gasteiger partial charge is 0.320 e. The second-order valence-electron chi connectivity index (χ2n) is 9.56. The van der Waals surface area contributed by atoms with E-state index in [0.717, 1.165) is 64.2 Å². The van der Waals surface area contributed by atoms with Gasteiger partial charge >= 0.3 is 23.9 Å². The predicted molar refractivity (Wildman–Crippen MR) is 137 cm³/mol. The van der Waals surface area contributed by atoms with Crippen molar-refractivity contribution in [2.24, 2.45) is 0 Å². The zero-order valence-corrected chi connectivity index (χ0v) is 22.2. The maximum absolute atomic E-state index is 12.2. The van der Waals surface area contributed by atoms with Crippen LogP contribution < -0.4 is 0 Å². The molecular weight excluding hydrogens is 468 g/mol. The number of aliphatic carboxylic acids is 4. The van der Waals surface area contributed by atoms with Crippen molar-refractivity contribution in [1.82, 2.24) is 9.80 Å². The van der Waals surface area contributed by atoms with E-state index in [2.05, 4.69) is 13.8 Å². The fourth-order valence-corrected chi connectivity index (χ4v) is 4.48. The van der Waals surface area contributed by atoms with Gasteiger partial charge in [-0.1, -0.05) is 90.9 Å². The Morgan fingerprint density at radius 1 is 0.556 bits per heavy atom. The summed E-state index contributed by atoms with van der Waals surface area (Å²) in [5.74, 6) is -4.63. The molecule has 0 rings (SSSR count). The van der Waals surface area contributed by atoms with Crippen LogP contribution in [0.4, 0.5) is 0 Å². The van der Waals surface area contributed by atoms with E-state index in [1.165, 1.54) is 9.80 Å². The van der Waals surface area contributed by atoms with Crippen LogP contribution in [0.5, 0.6) is 0 Å². The minimum atomic E-state index is -1.20. The lowest BCUT2D eigenvalue weighted by Crippen LogP contribution is -2.53. The summed E-state index contributed by atoms with van der Waals surface area (Å²) in [5.41, 5.74) is 0. The second kappa shape index (κ2) is 20.9. The van der Waals surface area contributed by atoms with Gasteiger partial charge in [-0.25, -0.2) is 0 Å². The molecule has 0 aliphatic carbocycles. The number of carboxylic acids is 4. The Morgan fingerprint density at radius 2 is 0.917 bits per heavy atom. The summed E-state index contributed by atoms with van der Waals surface area (Å²) < 4.78 is 0. The fourth-order valence-electron chi connectivity index (χ4n) is 4.48. The Balaban J connectivity index is 5.53. The number of unbranched alkanes of at least 4 members (excludes halogenated alkanes) is 10. The van der Waals surface area contributed by atoms with Crippen molar-refractivity contribution in [2.45, 2.75) is 116 Å². The van der Waals surface area contributed by atoms with Gasteiger partial charge in [-0.2, -0.15) is 0 Å². The molecule has 2 atom stereocenters. The van der Waals surface area contributed by atoms with E-state index in [0.29, 0.717) is 25.7 Å². The highest BCUT2D eigenvalue weighted by Crippen LogP contribution is 2.20. The molecule has 4 N–H and O–H groups in total. The summed E-state index contributed by atoms with van der Waals surface area (Å²) in [5, 5.41) is 38.3. The number of hydrogen-bond acceptors (Lipinski definition) is 6. The van der Waals surface area contributed by atoms with Gasteiger partial charge in [0, 0.05) is 13.1 Å². The maximum atomic E-state index is 12.2. The largest absolute Gasteiger partial charge is 0.480 e. The van der Waals surface area contributed by atoms with Crippen LogP contribution in [0.15, 0.2) is 0 Å². The molecule has 0 saturated heterocycles. The summed E-state index contributed by atoms with van der Waals surface area (Å²) >= 11 is 0. The average molecular weight is 517 g/mol. The normalized spacial score (nSPS) is 13.1. The minimum absolute atomic E-state index is 0.0415. The monoisotopic (exact) mass is 516 g/mol. The Hall–Kier alpha value is -2.20. The molecule has 0 amide bonds. The van der Waals surface area contributed by atoms with E-state index in [1.54, 1.807) is 0 Å². The molecule has 0 heterocycles. The lowest BCUT2D eigenvalue weighted by Gasteiger charge is -2.35. The number of carbonyl (C=O) groups is 4. The number of nitrogens with zero attached hydrogens (tertiary/aromatic N) is 2. The highest BCUT2D eigenvalue weighted by atomic mass is 16.4. The van der Waals surface area contributed by atoms with Crippen LogP contribution in [-0.4, -0.2) is 92.4 Å². The molecular formula is C26H48N2O8. The van der Waals surface area contributed by atoms with Crippen LogP contribution in [0.25, 0.3) is 0 Å². The van der Waals surface area contributed by atoms with E-state index in [1.807, 2.05) is 0 Å². The summed E-state index contributed by atoms with van der Waals surface area (Å²) in [6.45, 7) is 3.09. The lowest BCUT2D eigenvalue weighted by molar-refractivity contribution is -0.153. The number of carboxylic acid groups (broad SMARTS) is 4. The summed E-state index contributed by atoms with van der Waals surface area (Å²) in [6.07, 6.45) is 12.2. The molecule has 0 aromatic carbocycles. The molecule has 36 heavy (non-hydrogen) atoms. The first-order valence-corrected chi connectivity index (χ1v) is 13.5. The van der Waals surface area contributed by atoms with Gasteiger partial charge in [0.2, 0.25) is 0 Å². The Kier molecular flexibility index (Phi) is 19.7. The first kappa shape index (κ1) is 33.8. The molecule has 0 aliphatic heterocycles. The predicted octanol–water partition coefficient (Wildman–Crippen LogP) is 4.17. The molecule has 0 saturated carbocycles. The highest BCUT2D eigenvalue weighted by Gasteiger charge is 2.35. The molecule has 0 spiro atoms. The van der Waals surface area contributed by atoms with Gasteiger partial charge in [-0.05, 0) is 12.8 Å². The molecule has 0 radical (unpaired) electrons. The molecule has 0 aromatic rings. The average Bonchev–Trinajstić information content (AvgIpc) is 2.78. The summed E-state index contributed by atoms with van der Waals surface area (Å²) in [7, 11) is 0. The molecule has 210 valence electrons. The number of hydrogen-bond donors (Lipinski definition) is 4. The van der Waals surface area contributed by atoms with Crippen LogP contribution in [0.3, 0.4) is 0 Å². The van der Waals surface area contributed by atoms with Crippen molar-refractivity contribution in [1.29, 1.82) is 0 Å². The van der Waals surface area contributed by atoms with Crippen LogP contribution in [0, 0.1) is 0 Å². The quantitative estimate of drug-likeness (QED) is 0.130. The summed E-state index contributed by atoms with van der Waals surface area (Å²) in [4.78, 5) is 49.5. The Morgan fingerprint density at radius 3 is 1.25 bits per heavy atom. The van der Waals surface area contributed by atoms with Crippen LogP contribution in [-0.2, 0) is 19.2 Å². The van der Waals surface area contributed by atoms with Crippen molar-refractivity contribution >= 4 is 23.9 Å². The van der Waals surface area contributed by atoms with E-state index < -0.39 is 49.1 Å². The van der Waals surface area contributed by atoms with E-state index in [-0.39, 0.29) is 13.1 Å². The topological polar surface area (TPSA) is 156 Å². The van der Waals surface area contributed by atoms with Gasteiger partial charge in [-0.15, -0.1) is 0 Å². The van der Waals surface area contributed by atoms with Crippen molar-refractivity contribution < 1.29 is 39.6 Å². The fraction of sp³-hybridized carbons (Fsp3) is 0.846. The highest BCUT2D eigenvalue weighted by molar-refractivity contribution is 5.77. The van der Waals surface area contributed by atoms with Crippen molar-refractivity contribution in [3.8, 4) is 0 Å². The van der Waals surface area contributed by atoms with Crippen molar-refractivity contribution in [2.75, 3.05) is 26.2 Å². The molecule has 0 bridgehead atoms. The molecule has 2 unspecified atom stereocenters. The zero-order valence-electron chi connectivity index (χ0n) is 22.2. The lowest BCUT2D eigenvalue weighted by atomic mass is 9.99. The summed E-state index contributed by atoms with van der Waals surface area (Å²) in [6, 6.07) is -2.07. The van der Waals surface area contributed by atoms with Gasteiger partial charge in [0.15, 0.2) is 0 Å². The van der Waals surface area contributed by atoms with Gasteiger partial charge in [0.05, 0.1) is 13.1 Å². The van der Waals surface area contributed by atoms with Crippen LogP contribution in [0.2, 0.25) is 0 Å². The first-order valence-electron chi connectivity index (χ1n) is 13.5. The third-order valence-corrected chi connectivity index (χ3v) is 6.43. The zero-order chi connectivity index (χ0) is 27.3. The standard InChI is InChI=1S/C26H48N2O8/c1-3-5-7-9-11-13-15-21(25(33)34)28(18-17-27(19-23(29)30)20-24(31)32)22(26(35)36)16-14-12-10-8-6-4-2/h21-22H,3-20H2,1-2H3,(H,29,30)(H,31,32)(H,33,34)(H,35,36). The second-order valence-corrected chi connectivity index (χ2v) is 9.56. The third kappa shape index (κ3) is 16.5. The molecule has 0 aromatic heterocycles. The van der Waals surface area contributed by atoms with Crippen molar-refractivity contribution in [3.05, 3.63) is 0 Å². The van der Waals surface area contributed by atoms with Gasteiger partial charge < -0.3 is 20.4 Å². The SMILES string of the molecule is CCCCCCCCC(C(=O)O)N(CCN(CC(=O)O)CC(=O)O)C(CCCCCCCC)C(=O)O. The Bertz CT molecular complexity index is 593. The first-order chi connectivity index (χ1) is 17.1. The van der Waals surface area contributed by atoms with Gasteiger partial charge in [0.1, 0.15) is 12.1 Å². The Labute approximate surface area is 215 Å². The molecule has 0 fully saturated rings. The maximum Gasteiger partial charge on any atom is 0.320 e. The third-order valence-electron chi connectivity index (χ3n) is 6.43. The van der Waals surface area contributed by atoms with E-state index >= 15 is 0 Å². The van der Waals surface area contributed by atoms with Crippen LogP contribution >= 0.6 is 0 Å². The van der Waals surface area contributed by atoms with E-state index in [9.17, 15) is 29.4 Å². The van der Waals surface area contributed by atoms with Gasteiger partial charge in [0.25, 0.3) is 0 Å².